The number of halogens is 18. The Hall–Kier alpha value is -3.48. The molecule has 20 nitrogen and oxygen atoms in total. The first-order valence-electron chi connectivity index (χ1n) is 20.3. The molecule has 0 amide bonds. The van der Waals surface area contributed by atoms with Crippen LogP contribution in [0.4, 0.5) is 79.4 Å². The van der Waals surface area contributed by atoms with E-state index < -0.39 is 191 Å². The summed E-state index contributed by atoms with van der Waals surface area (Å²) in [6.45, 7) is -19.4. The number of aliphatic hydroxyl groups is 8. The van der Waals surface area contributed by atoms with Gasteiger partial charge in [0.15, 0.2) is 26.1 Å². The van der Waals surface area contributed by atoms with E-state index in [4.69, 9.17) is 40.9 Å². The summed E-state index contributed by atoms with van der Waals surface area (Å²) < 4.78 is 256. The van der Waals surface area contributed by atoms with E-state index in [-0.39, 0.29) is 46.2 Å². The summed E-state index contributed by atoms with van der Waals surface area (Å²) in [4.78, 5) is 8.45. The molecule has 0 bridgehead atoms. The van der Waals surface area contributed by atoms with Crippen LogP contribution in [0.15, 0.2) is 0 Å². The van der Waals surface area contributed by atoms with E-state index >= 15 is 0 Å². The Labute approximate surface area is 415 Å². The number of hydrogen-bond donors (Lipinski definition) is 8. The third-order valence-corrected chi connectivity index (χ3v) is 5.95. The maximum Gasteiger partial charge on any atom is 0.422 e. The Bertz CT molecular complexity index is 1290. The van der Waals surface area contributed by atoms with Crippen molar-refractivity contribution in [2.24, 2.45) is 0 Å². The SMILES string of the molecule is FCCOF.FCCOF.FCCOF.OCC(O)COCC(F)(F)OCC(F)(F)Oc1c(F)c(OCCF)c(F)c(OCCF)c1OCF.OCC(O)COCCF.OCC(O)COCF.OCC(O)COCF. The molecule has 0 aromatic heterocycles. The van der Waals surface area contributed by atoms with Crippen LogP contribution in [0.5, 0.6) is 23.0 Å². The second-order valence-corrected chi connectivity index (χ2v) is 12.0. The highest BCUT2D eigenvalue weighted by molar-refractivity contribution is 5.58. The molecule has 0 heterocycles. The predicted octanol–water partition coefficient (Wildman–Crippen LogP) is 3.38. The van der Waals surface area contributed by atoms with Gasteiger partial charge in [0.1, 0.15) is 104 Å². The van der Waals surface area contributed by atoms with Crippen LogP contribution in [0.2, 0.25) is 0 Å². The Morgan fingerprint density at radius 3 is 1.04 bits per heavy atom. The molecule has 8 N–H and O–H groups in total. The van der Waals surface area contributed by atoms with Gasteiger partial charge in [-0.15, -0.1) is 0 Å². The number of benzene rings is 1. The summed E-state index contributed by atoms with van der Waals surface area (Å²) in [5.41, 5.74) is 0. The van der Waals surface area contributed by atoms with Gasteiger partial charge in [0.05, 0.1) is 59.5 Å². The highest BCUT2D eigenvalue weighted by atomic mass is 19.3. The fourth-order valence-electron chi connectivity index (χ4n) is 3.08. The van der Waals surface area contributed by atoms with Crippen LogP contribution in [-0.4, -0.2) is 244 Å². The zero-order valence-corrected chi connectivity index (χ0v) is 39.3. The summed E-state index contributed by atoms with van der Waals surface area (Å²) in [5, 5.41) is 67.4. The van der Waals surface area contributed by atoms with Crippen molar-refractivity contribution in [1.82, 2.24) is 0 Å². The van der Waals surface area contributed by atoms with Crippen molar-refractivity contribution in [2.75, 3.05) is 166 Å². The Kier molecular flexibility index (Phi) is 66.0. The lowest BCUT2D eigenvalue weighted by Gasteiger charge is -2.24. The van der Waals surface area contributed by atoms with E-state index in [1.54, 1.807) is 0 Å². The maximum atomic E-state index is 14.7. The normalized spacial score (nSPS) is 12.3. The van der Waals surface area contributed by atoms with E-state index in [1.807, 2.05) is 0 Å². The fraction of sp³-hybridized carbons (Fsp3) is 0.838. The molecule has 0 spiro atoms. The van der Waals surface area contributed by atoms with Crippen molar-refractivity contribution in [2.45, 2.75) is 36.6 Å². The standard InChI is InChI=1S/C18H21F9O8.C5H11FO3.2C4H9FO3.3C2H4F2O/c19-1-3-31-13-11(22)14(32-4-2-20)16(33-9-21)15(12(13)23)35-18(26,27)8-34-17(24,25)7-30-6-10(29)5-28;6-1-2-9-4-5(8)3-7;2*5-3-8-2-4(7)1-6;3*3-1-2-5-4/h10,28-29H,1-9H2;5,7-8H,1-4H2;2*4,6-7H,1-3H2;3*1-2H2. The average Bonchev–Trinajstić information content (AvgIpc) is 3.39. The molecule has 0 aliphatic heterocycles. The highest BCUT2D eigenvalue weighted by Crippen LogP contribution is 2.49. The molecular weight excluding hydrogens is 1110 g/mol. The van der Waals surface area contributed by atoms with E-state index in [0.29, 0.717) is 0 Å². The van der Waals surface area contributed by atoms with Crippen molar-refractivity contribution in [3.8, 4) is 23.0 Å². The fourth-order valence-corrected chi connectivity index (χ4v) is 3.08. The molecule has 4 unspecified atom stereocenters. The van der Waals surface area contributed by atoms with Crippen molar-refractivity contribution >= 4 is 0 Å². The molecule has 0 radical (unpaired) electrons. The van der Waals surface area contributed by atoms with Crippen molar-refractivity contribution in [3.63, 3.8) is 0 Å². The van der Waals surface area contributed by atoms with Crippen LogP contribution < -0.4 is 18.9 Å². The van der Waals surface area contributed by atoms with Crippen molar-refractivity contribution in [3.05, 3.63) is 11.6 Å². The second-order valence-electron chi connectivity index (χ2n) is 12.0. The van der Waals surface area contributed by atoms with Crippen LogP contribution in [-0.2, 0) is 38.5 Å². The van der Waals surface area contributed by atoms with Crippen LogP contribution in [0.1, 0.15) is 0 Å². The minimum atomic E-state index is -4.82. The van der Waals surface area contributed by atoms with Gasteiger partial charge in [-0.1, -0.05) is 0 Å². The summed E-state index contributed by atoms with van der Waals surface area (Å²) in [7, 11) is 0. The van der Waals surface area contributed by atoms with Gasteiger partial charge >= 0.3 is 12.2 Å². The van der Waals surface area contributed by atoms with Gasteiger partial charge < -0.3 is 83.5 Å². The summed E-state index contributed by atoms with van der Waals surface area (Å²) >= 11 is 0. The van der Waals surface area contributed by atoms with Crippen molar-refractivity contribution in [1.29, 1.82) is 0 Å². The van der Waals surface area contributed by atoms with Crippen LogP contribution >= 0.6 is 0 Å². The third-order valence-electron chi connectivity index (χ3n) is 5.95. The maximum absolute atomic E-state index is 14.7. The molecule has 0 aliphatic rings. The van der Waals surface area contributed by atoms with Crippen LogP contribution in [0, 0.1) is 11.6 Å². The van der Waals surface area contributed by atoms with Gasteiger partial charge in [-0.05, 0) is 13.6 Å². The Balaban J connectivity index is -0.000000237. The second kappa shape index (κ2) is 59.8. The van der Waals surface area contributed by atoms with Gasteiger partial charge in [0.2, 0.25) is 35.7 Å². The van der Waals surface area contributed by atoms with E-state index in [1.165, 1.54) is 0 Å². The first-order valence-corrected chi connectivity index (χ1v) is 20.3. The Morgan fingerprint density at radius 2 is 0.720 bits per heavy atom. The van der Waals surface area contributed by atoms with Gasteiger partial charge in [-0.3, -0.25) is 0 Å². The monoisotopic (exact) mass is 1170 g/mol. The molecular formula is C37H62F18O20. The molecule has 0 fully saturated rings. The molecule has 1 aromatic rings. The van der Waals surface area contributed by atoms with Crippen LogP contribution in [0.25, 0.3) is 0 Å². The average molecular weight is 1170 g/mol. The number of rotatable bonds is 37. The molecule has 0 aliphatic carbocycles. The van der Waals surface area contributed by atoms with Crippen molar-refractivity contribution < 1.29 is 178 Å². The lowest BCUT2D eigenvalue weighted by molar-refractivity contribution is -0.315. The lowest BCUT2D eigenvalue weighted by atomic mass is 10.2. The minimum absolute atomic E-state index is 0.000417. The van der Waals surface area contributed by atoms with Gasteiger partial charge in [0, 0.05) is 0 Å². The van der Waals surface area contributed by atoms with E-state index in [2.05, 4.69) is 57.5 Å². The molecule has 4 atom stereocenters. The summed E-state index contributed by atoms with van der Waals surface area (Å²) in [6.07, 6.45) is -13.5. The number of ether oxygens (including phenoxy) is 9. The molecule has 0 saturated heterocycles. The zero-order valence-electron chi connectivity index (χ0n) is 39.3. The quantitative estimate of drug-likeness (QED) is 0.0350. The smallest absolute Gasteiger partial charge is 0.422 e. The van der Waals surface area contributed by atoms with E-state index in [0.717, 1.165) is 0 Å². The number of aliphatic hydroxyl groups excluding tert-OH is 8. The predicted molar refractivity (Wildman–Crippen MR) is 215 cm³/mol. The van der Waals surface area contributed by atoms with Gasteiger partial charge in [-0.2, -0.15) is 41.2 Å². The number of hydrogen-bond acceptors (Lipinski definition) is 20. The summed E-state index contributed by atoms with van der Waals surface area (Å²) in [6, 6.07) is 0. The highest BCUT2D eigenvalue weighted by Gasteiger charge is 2.43. The van der Waals surface area contributed by atoms with E-state index in [9.17, 15) is 79.4 Å². The minimum Gasteiger partial charge on any atom is -0.485 e. The lowest BCUT2D eigenvalue weighted by Crippen LogP contribution is -2.38. The zero-order chi connectivity index (χ0) is 58.9. The summed E-state index contributed by atoms with van der Waals surface area (Å²) in [5.74, 6) is -10.1. The largest absolute Gasteiger partial charge is 0.485 e. The van der Waals surface area contributed by atoms with Crippen LogP contribution in [0.3, 0.4) is 0 Å². The number of alkyl halides is 13. The first kappa shape index (κ1) is 82.9. The molecule has 75 heavy (non-hydrogen) atoms. The molecule has 1 aromatic carbocycles. The molecule has 0 saturated carbocycles. The van der Waals surface area contributed by atoms with Gasteiger partial charge in [-0.25, -0.2) is 39.5 Å². The topological polar surface area (TPSA) is 273 Å². The molecule has 38 heteroatoms. The first-order chi connectivity index (χ1) is 35.6. The molecule has 1 rings (SSSR count). The van der Waals surface area contributed by atoms with Gasteiger partial charge in [0.25, 0.3) is 0 Å². The Morgan fingerprint density at radius 1 is 0.373 bits per heavy atom. The molecule has 456 valence electrons. The third kappa shape index (κ3) is 55.1.